The number of rotatable bonds is 7. The van der Waals surface area contributed by atoms with Gasteiger partial charge in [0.05, 0.1) is 5.92 Å². The van der Waals surface area contributed by atoms with Crippen molar-refractivity contribution in [1.82, 2.24) is 10.2 Å². The van der Waals surface area contributed by atoms with Crippen LogP contribution in [-0.4, -0.2) is 23.3 Å². The summed E-state index contributed by atoms with van der Waals surface area (Å²) in [6.07, 6.45) is 1.56. The van der Waals surface area contributed by atoms with Crippen molar-refractivity contribution >= 4 is 11.8 Å². The summed E-state index contributed by atoms with van der Waals surface area (Å²) >= 11 is 0. The van der Waals surface area contributed by atoms with E-state index in [0.29, 0.717) is 19.5 Å². The van der Waals surface area contributed by atoms with E-state index in [4.69, 9.17) is 5.73 Å². The van der Waals surface area contributed by atoms with E-state index in [-0.39, 0.29) is 23.8 Å². The molecule has 0 spiro atoms. The van der Waals surface area contributed by atoms with Gasteiger partial charge in [0, 0.05) is 32.1 Å². The van der Waals surface area contributed by atoms with Crippen LogP contribution in [0.3, 0.4) is 0 Å². The van der Waals surface area contributed by atoms with Crippen molar-refractivity contribution < 1.29 is 9.59 Å². The van der Waals surface area contributed by atoms with Crippen molar-refractivity contribution in [2.24, 2.45) is 11.7 Å². The molecule has 27 heavy (non-hydrogen) atoms. The van der Waals surface area contributed by atoms with Gasteiger partial charge >= 0.3 is 0 Å². The first-order chi connectivity index (χ1) is 13.1. The second-order valence-corrected chi connectivity index (χ2v) is 7.13. The lowest BCUT2D eigenvalue weighted by molar-refractivity contribution is -0.128. The van der Waals surface area contributed by atoms with Crippen molar-refractivity contribution in [3.05, 3.63) is 71.3 Å². The normalized spacial score (nSPS) is 16.2. The van der Waals surface area contributed by atoms with Gasteiger partial charge in [-0.05, 0) is 23.1 Å². The van der Waals surface area contributed by atoms with E-state index in [1.807, 2.05) is 66.4 Å². The van der Waals surface area contributed by atoms with Crippen LogP contribution in [0.5, 0.6) is 0 Å². The second-order valence-electron chi connectivity index (χ2n) is 7.13. The Labute approximate surface area is 160 Å². The SMILES string of the molecule is CC(C(=O)NCc1ccccc1CN1CCCC1=O)C(N)c1ccccc1. The van der Waals surface area contributed by atoms with Crippen molar-refractivity contribution in [3.8, 4) is 0 Å². The Morgan fingerprint density at radius 2 is 1.78 bits per heavy atom. The van der Waals surface area contributed by atoms with Crippen LogP contribution < -0.4 is 11.1 Å². The third-order valence-corrected chi connectivity index (χ3v) is 5.24. The molecule has 0 aliphatic carbocycles. The monoisotopic (exact) mass is 365 g/mol. The Bertz CT molecular complexity index is 791. The Kier molecular flexibility index (Phi) is 6.24. The predicted molar refractivity (Wildman–Crippen MR) is 105 cm³/mol. The molecule has 1 heterocycles. The molecule has 1 saturated heterocycles. The average molecular weight is 365 g/mol. The van der Waals surface area contributed by atoms with Crippen molar-refractivity contribution in [3.63, 3.8) is 0 Å². The summed E-state index contributed by atoms with van der Waals surface area (Å²) in [5.41, 5.74) is 9.32. The number of nitrogens with one attached hydrogen (secondary N) is 1. The highest BCUT2D eigenvalue weighted by Gasteiger charge is 2.23. The number of nitrogens with two attached hydrogens (primary N) is 1. The summed E-state index contributed by atoms with van der Waals surface area (Å²) < 4.78 is 0. The summed E-state index contributed by atoms with van der Waals surface area (Å²) in [5, 5.41) is 3.00. The lowest BCUT2D eigenvalue weighted by atomic mass is 9.94. The first kappa shape index (κ1) is 19.1. The number of hydrogen-bond donors (Lipinski definition) is 2. The predicted octanol–water partition coefficient (Wildman–Crippen LogP) is 2.76. The molecule has 142 valence electrons. The molecule has 1 aliphatic rings. The Morgan fingerprint density at radius 3 is 2.44 bits per heavy atom. The number of likely N-dealkylation sites (tertiary alicyclic amines) is 1. The van der Waals surface area contributed by atoms with Crippen LogP contribution >= 0.6 is 0 Å². The number of carbonyl (C=O) groups excluding carboxylic acids is 2. The molecule has 1 fully saturated rings. The minimum Gasteiger partial charge on any atom is -0.352 e. The van der Waals surface area contributed by atoms with Crippen LogP contribution in [0.25, 0.3) is 0 Å². The van der Waals surface area contributed by atoms with Crippen LogP contribution in [0, 0.1) is 5.92 Å². The van der Waals surface area contributed by atoms with Crippen molar-refractivity contribution in [1.29, 1.82) is 0 Å². The topological polar surface area (TPSA) is 75.4 Å². The summed E-state index contributed by atoms with van der Waals surface area (Å²) in [6.45, 7) is 3.69. The van der Waals surface area contributed by atoms with Crippen LogP contribution in [0.2, 0.25) is 0 Å². The fraction of sp³-hybridized carbons (Fsp3) is 0.364. The standard InChI is InChI=1S/C22H27N3O2/c1-16(21(23)17-8-3-2-4-9-17)22(27)24-14-18-10-5-6-11-19(18)15-25-13-7-12-20(25)26/h2-6,8-11,16,21H,7,12-15,23H2,1H3,(H,24,27). The molecule has 5 nitrogen and oxygen atoms in total. The largest absolute Gasteiger partial charge is 0.352 e. The lowest BCUT2D eigenvalue weighted by Gasteiger charge is -2.21. The van der Waals surface area contributed by atoms with Crippen LogP contribution in [0.15, 0.2) is 54.6 Å². The van der Waals surface area contributed by atoms with E-state index >= 15 is 0 Å². The van der Waals surface area contributed by atoms with E-state index in [1.54, 1.807) is 0 Å². The van der Waals surface area contributed by atoms with Gasteiger partial charge in [-0.3, -0.25) is 9.59 Å². The fourth-order valence-electron chi connectivity index (χ4n) is 3.43. The summed E-state index contributed by atoms with van der Waals surface area (Å²) in [4.78, 5) is 26.4. The number of hydrogen-bond acceptors (Lipinski definition) is 3. The number of nitrogens with zero attached hydrogens (tertiary/aromatic N) is 1. The Balaban J connectivity index is 1.61. The maximum Gasteiger partial charge on any atom is 0.225 e. The van der Waals surface area contributed by atoms with Gasteiger partial charge in [0.1, 0.15) is 0 Å². The van der Waals surface area contributed by atoms with Gasteiger partial charge in [-0.2, -0.15) is 0 Å². The van der Waals surface area contributed by atoms with E-state index in [9.17, 15) is 9.59 Å². The molecule has 0 aromatic heterocycles. The van der Waals surface area contributed by atoms with Gasteiger partial charge in [-0.1, -0.05) is 61.5 Å². The lowest BCUT2D eigenvalue weighted by Crippen LogP contribution is -2.35. The highest BCUT2D eigenvalue weighted by Crippen LogP contribution is 2.20. The fourth-order valence-corrected chi connectivity index (χ4v) is 3.43. The molecular weight excluding hydrogens is 338 g/mol. The zero-order valence-electron chi connectivity index (χ0n) is 15.7. The molecule has 2 unspecified atom stereocenters. The maximum absolute atomic E-state index is 12.6. The molecule has 3 N–H and O–H groups in total. The molecule has 1 aliphatic heterocycles. The quantitative estimate of drug-likeness (QED) is 0.792. The van der Waals surface area contributed by atoms with Gasteiger partial charge in [0.25, 0.3) is 0 Å². The van der Waals surface area contributed by atoms with Crippen molar-refractivity contribution in [2.45, 2.75) is 38.9 Å². The second kappa shape index (κ2) is 8.82. The Morgan fingerprint density at radius 1 is 1.11 bits per heavy atom. The smallest absolute Gasteiger partial charge is 0.225 e. The third-order valence-electron chi connectivity index (χ3n) is 5.24. The minimum atomic E-state index is -0.344. The van der Waals surface area contributed by atoms with Gasteiger partial charge in [0.15, 0.2) is 0 Å². The summed E-state index contributed by atoms with van der Waals surface area (Å²) in [7, 11) is 0. The van der Waals surface area contributed by atoms with Crippen molar-refractivity contribution in [2.75, 3.05) is 6.54 Å². The van der Waals surface area contributed by atoms with Gasteiger partial charge in [-0.25, -0.2) is 0 Å². The highest BCUT2D eigenvalue weighted by atomic mass is 16.2. The number of benzene rings is 2. The third kappa shape index (κ3) is 4.74. The van der Waals surface area contributed by atoms with E-state index in [2.05, 4.69) is 5.32 Å². The molecule has 2 atom stereocenters. The first-order valence-corrected chi connectivity index (χ1v) is 9.49. The molecule has 0 saturated carbocycles. The molecule has 3 rings (SSSR count). The van der Waals surface area contributed by atoms with Crippen LogP contribution in [0.4, 0.5) is 0 Å². The molecule has 0 bridgehead atoms. The first-order valence-electron chi connectivity index (χ1n) is 9.49. The number of carbonyl (C=O) groups is 2. The van der Waals surface area contributed by atoms with Gasteiger partial charge in [-0.15, -0.1) is 0 Å². The molecular formula is C22H27N3O2. The molecule has 0 radical (unpaired) electrons. The maximum atomic E-state index is 12.6. The van der Waals surface area contributed by atoms with Gasteiger partial charge in [0.2, 0.25) is 11.8 Å². The molecule has 5 heteroatoms. The molecule has 2 aromatic carbocycles. The average Bonchev–Trinajstić information content (AvgIpc) is 3.11. The highest BCUT2D eigenvalue weighted by molar-refractivity contribution is 5.79. The van der Waals surface area contributed by atoms with Gasteiger partial charge < -0.3 is 16.0 Å². The number of amides is 2. The summed E-state index contributed by atoms with van der Waals surface area (Å²) in [6, 6.07) is 17.3. The van der Waals surface area contributed by atoms with E-state index < -0.39 is 0 Å². The van der Waals surface area contributed by atoms with Crippen LogP contribution in [0.1, 0.15) is 42.5 Å². The zero-order valence-corrected chi connectivity index (χ0v) is 15.7. The minimum absolute atomic E-state index is 0.0709. The van der Waals surface area contributed by atoms with E-state index in [1.165, 1.54) is 0 Å². The molecule has 2 amide bonds. The van der Waals surface area contributed by atoms with Crippen LogP contribution in [-0.2, 0) is 22.7 Å². The summed E-state index contributed by atoms with van der Waals surface area (Å²) in [5.74, 6) is -0.200. The van der Waals surface area contributed by atoms with E-state index in [0.717, 1.165) is 29.7 Å². The zero-order chi connectivity index (χ0) is 19.2. The molecule has 2 aromatic rings. The Hall–Kier alpha value is -2.66.